The van der Waals surface area contributed by atoms with Crippen LogP contribution < -0.4 is 4.74 Å². The average Bonchev–Trinajstić information content (AvgIpc) is 2.47. The van der Waals surface area contributed by atoms with E-state index in [1.807, 2.05) is 12.3 Å². The second-order valence-corrected chi connectivity index (χ2v) is 3.24. The van der Waals surface area contributed by atoms with Gasteiger partial charge in [0, 0.05) is 4.88 Å². The molecule has 0 aliphatic carbocycles. The fourth-order valence-electron chi connectivity index (χ4n) is 0.855. The zero-order valence-electron chi connectivity index (χ0n) is 6.74. The van der Waals surface area contributed by atoms with Crippen LogP contribution in [0, 0.1) is 0 Å². The van der Waals surface area contributed by atoms with Gasteiger partial charge in [-0.05, 0) is 17.9 Å². The molecule has 1 N–H and O–H groups in total. The number of thiophene rings is 1. The van der Waals surface area contributed by atoms with Gasteiger partial charge in [-0.3, -0.25) is 0 Å². The van der Waals surface area contributed by atoms with Gasteiger partial charge in [0.2, 0.25) is 0 Å². The Labute approximate surface area is 74.6 Å². The van der Waals surface area contributed by atoms with Gasteiger partial charge >= 0.3 is 5.97 Å². The third-order valence-electron chi connectivity index (χ3n) is 1.38. The van der Waals surface area contributed by atoms with Gasteiger partial charge in [0.25, 0.3) is 0 Å². The molecule has 0 aliphatic heterocycles. The smallest absolute Gasteiger partial charge is 0.341 e. The van der Waals surface area contributed by atoms with E-state index in [4.69, 9.17) is 9.84 Å². The molecule has 1 rings (SSSR count). The van der Waals surface area contributed by atoms with E-state index < -0.39 is 5.97 Å². The summed E-state index contributed by atoms with van der Waals surface area (Å²) in [5.74, 6) is -0.242. The van der Waals surface area contributed by atoms with Gasteiger partial charge in [-0.25, -0.2) is 4.79 Å². The molecule has 0 saturated carbocycles. The number of carboxylic acid groups (broad SMARTS) is 1. The van der Waals surface area contributed by atoms with Crippen LogP contribution in [0.3, 0.4) is 0 Å². The molecule has 0 fully saturated rings. The monoisotopic (exact) mass is 186 g/mol. The number of ether oxygens (including phenoxy) is 1. The number of hydrogen-bond acceptors (Lipinski definition) is 3. The van der Waals surface area contributed by atoms with E-state index in [1.165, 1.54) is 0 Å². The van der Waals surface area contributed by atoms with E-state index in [9.17, 15) is 4.79 Å². The fourth-order valence-corrected chi connectivity index (χ4v) is 1.62. The summed E-state index contributed by atoms with van der Waals surface area (Å²) in [6.45, 7) is 1.75. The molecule has 3 nitrogen and oxygen atoms in total. The Morgan fingerprint density at radius 3 is 3.08 bits per heavy atom. The van der Waals surface area contributed by atoms with Crippen LogP contribution in [0.25, 0.3) is 0 Å². The number of aryl methyl sites for hydroxylation is 1. The zero-order valence-corrected chi connectivity index (χ0v) is 7.56. The minimum atomic E-state index is -0.941. The minimum absolute atomic E-state index is 0.260. The van der Waals surface area contributed by atoms with Gasteiger partial charge in [-0.2, -0.15) is 0 Å². The van der Waals surface area contributed by atoms with Gasteiger partial charge in [0.15, 0.2) is 6.61 Å². The van der Waals surface area contributed by atoms with E-state index in [0.717, 1.165) is 11.3 Å². The van der Waals surface area contributed by atoms with Crippen molar-refractivity contribution in [1.29, 1.82) is 0 Å². The van der Waals surface area contributed by atoms with Crippen LogP contribution in [0.1, 0.15) is 11.8 Å². The molecule has 1 aromatic heterocycles. The molecule has 0 spiro atoms. The topological polar surface area (TPSA) is 46.5 Å². The number of aliphatic carboxylic acids is 1. The summed E-state index contributed by atoms with van der Waals surface area (Å²) in [5.41, 5.74) is 0. The number of hydrogen-bond donors (Lipinski definition) is 1. The summed E-state index contributed by atoms with van der Waals surface area (Å²) in [4.78, 5) is 11.3. The van der Waals surface area contributed by atoms with Crippen molar-refractivity contribution in [1.82, 2.24) is 0 Å². The van der Waals surface area contributed by atoms with Crippen LogP contribution in [0.2, 0.25) is 0 Å². The van der Waals surface area contributed by atoms with Crippen LogP contribution in [0.4, 0.5) is 0 Å². The predicted molar refractivity (Wildman–Crippen MR) is 46.8 cm³/mol. The van der Waals surface area contributed by atoms with Gasteiger partial charge in [-0.15, -0.1) is 11.3 Å². The Morgan fingerprint density at radius 1 is 1.75 bits per heavy atom. The van der Waals surface area contributed by atoms with E-state index in [0.29, 0.717) is 5.75 Å². The van der Waals surface area contributed by atoms with Crippen LogP contribution in [-0.4, -0.2) is 17.7 Å². The van der Waals surface area contributed by atoms with Crippen LogP contribution in [-0.2, 0) is 11.2 Å². The lowest BCUT2D eigenvalue weighted by Gasteiger charge is -2.01. The molecule has 0 amide bonds. The highest BCUT2D eigenvalue weighted by Gasteiger charge is 2.04. The van der Waals surface area contributed by atoms with Crippen molar-refractivity contribution in [2.45, 2.75) is 13.3 Å². The Kier molecular flexibility index (Phi) is 3.10. The number of carbonyl (C=O) groups is 1. The predicted octanol–water partition coefficient (Wildman–Crippen LogP) is 1.77. The Hall–Kier alpha value is -1.03. The third-order valence-corrected chi connectivity index (χ3v) is 2.42. The largest absolute Gasteiger partial charge is 0.481 e. The highest BCUT2D eigenvalue weighted by molar-refractivity contribution is 7.10. The van der Waals surface area contributed by atoms with Gasteiger partial charge in [-0.1, -0.05) is 6.92 Å². The molecule has 0 radical (unpaired) electrons. The Morgan fingerprint density at radius 2 is 2.50 bits per heavy atom. The molecule has 1 heterocycles. The average molecular weight is 186 g/mol. The molecule has 0 unspecified atom stereocenters. The van der Waals surface area contributed by atoms with Gasteiger partial charge in [0.1, 0.15) is 5.75 Å². The first-order chi connectivity index (χ1) is 5.74. The van der Waals surface area contributed by atoms with E-state index in [2.05, 4.69) is 0 Å². The molecule has 66 valence electrons. The van der Waals surface area contributed by atoms with Crippen molar-refractivity contribution < 1.29 is 14.6 Å². The lowest BCUT2D eigenvalue weighted by Crippen LogP contribution is -2.09. The summed E-state index contributed by atoms with van der Waals surface area (Å²) >= 11 is 1.58. The summed E-state index contributed by atoms with van der Waals surface area (Å²) in [7, 11) is 0. The van der Waals surface area contributed by atoms with Crippen LogP contribution in [0.5, 0.6) is 5.75 Å². The zero-order chi connectivity index (χ0) is 8.97. The molecule has 4 heteroatoms. The maximum atomic E-state index is 10.2. The van der Waals surface area contributed by atoms with Crippen molar-refractivity contribution >= 4 is 17.3 Å². The fraction of sp³-hybridized carbons (Fsp3) is 0.375. The van der Waals surface area contributed by atoms with Gasteiger partial charge in [0.05, 0.1) is 0 Å². The molecule has 0 bridgehead atoms. The molecule has 1 aromatic rings. The summed E-state index contributed by atoms with van der Waals surface area (Å²) in [5, 5.41) is 10.3. The SMILES string of the molecule is CCc1sccc1OCC(=O)O. The van der Waals surface area contributed by atoms with E-state index in [-0.39, 0.29) is 6.61 Å². The highest BCUT2D eigenvalue weighted by Crippen LogP contribution is 2.24. The van der Waals surface area contributed by atoms with E-state index >= 15 is 0 Å². The quantitative estimate of drug-likeness (QED) is 0.779. The lowest BCUT2D eigenvalue weighted by atomic mass is 10.3. The molecule has 0 aromatic carbocycles. The van der Waals surface area contributed by atoms with Crippen LogP contribution in [0.15, 0.2) is 11.4 Å². The second-order valence-electron chi connectivity index (χ2n) is 2.24. The lowest BCUT2D eigenvalue weighted by molar-refractivity contribution is -0.139. The standard InChI is InChI=1S/C8H10O3S/c1-2-7-6(3-4-12-7)11-5-8(9)10/h3-4H,2,5H2,1H3,(H,9,10). The maximum Gasteiger partial charge on any atom is 0.341 e. The molecule has 0 aliphatic rings. The molecular formula is C8H10O3S. The molecular weight excluding hydrogens is 176 g/mol. The summed E-state index contributed by atoms with van der Waals surface area (Å²) in [6.07, 6.45) is 0.882. The third kappa shape index (κ3) is 2.23. The summed E-state index contributed by atoms with van der Waals surface area (Å²) in [6, 6.07) is 1.80. The second kappa shape index (κ2) is 4.11. The van der Waals surface area contributed by atoms with Crippen molar-refractivity contribution in [3.8, 4) is 5.75 Å². The van der Waals surface area contributed by atoms with Crippen molar-refractivity contribution in [2.75, 3.05) is 6.61 Å². The first kappa shape index (κ1) is 9.06. The molecule has 12 heavy (non-hydrogen) atoms. The van der Waals surface area contributed by atoms with Crippen LogP contribution >= 0.6 is 11.3 Å². The van der Waals surface area contributed by atoms with Gasteiger partial charge < -0.3 is 9.84 Å². The van der Waals surface area contributed by atoms with Crippen molar-refractivity contribution in [3.05, 3.63) is 16.3 Å². The highest BCUT2D eigenvalue weighted by atomic mass is 32.1. The molecule has 0 atom stereocenters. The van der Waals surface area contributed by atoms with Crippen molar-refractivity contribution in [3.63, 3.8) is 0 Å². The summed E-state index contributed by atoms with van der Waals surface area (Å²) < 4.78 is 5.04. The van der Waals surface area contributed by atoms with E-state index in [1.54, 1.807) is 17.4 Å². The first-order valence-electron chi connectivity index (χ1n) is 3.65. The number of carboxylic acids is 1. The van der Waals surface area contributed by atoms with Crippen molar-refractivity contribution in [2.24, 2.45) is 0 Å². The Balaban J connectivity index is 2.56. The maximum absolute atomic E-state index is 10.2. The minimum Gasteiger partial charge on any atom is -0.481 e. The Bertz CT molecular complexity index is 267. The first-order valence-corrected chi connectivity index (χ1v) is 4.53. The number of rotatable bonds is 4. The normalized spacial score (nSPS) is 9.75. The molecule has 0 saturated heterocycles.